The summed E-state index contributed by atoms with van der Waals surface area (Å²) in [6, 6.07) is 15.7. The van der Waals surface area contributed by atoms with Crippen molar-refractivity contribution in [2.24, 2.45) is 0 Å². The normalized spacial score (nSPS) is 19.8. The molecule has 0 N–H and O–H groups in total. The molecule has 2 aromatic rings. The van der Waals surface area contributed by atoms with Crippen LogP contribution in [0.15, 0.2) is 54.6 Å². The van der Waals surface area contributed by atoms with E-state index in [1.165, 1.54) is 0 Å². The number of terminal acetylenes is 1. The molecule has 4 nitrogen and oxygen atoms in total. The number of carbonyl (C=O) groups is 2. The van der Waals surface area contributed by atoms with Crippen molar-refractivity contribution >= 4 is 11.8 Å². The summed E-state index contributed by atoms with van der Waals surface area (Å²) in [6.45, 7) is 1.80. The fourth-order valence-electron chi connectivity index (χ4n) is 2.94. The van der Waals surface area contributed by atoms with Gasteiger partial charge in [0.25, 0.3) is 5.60 Å². The quantitative estimate of drug-likeness (QED) is 0.494. The number of hydrogen-bond acceptors (Lipinski definition) is 4. The van der Waals surface area contributed by atoms with Crippen LogP contribution in [0.1, 0.15) is 28.8 Å². The molecule has 1 heterocycles. The minimum atomic E-state index is -1.89. The number of para-hydroxylation sites is 1. The van der Waals surface area contributed by atoms with Gasteiger partial charge >= 0.3 is 5.97 Å². The molecule has 4 heteroatoms. The molecule has 0 aromatic heterocycles. The third kappa shape index (κ3) is 2.26. The van der Waals surface area contributed by atoms with E-state index in [4.69, 9.17) is 15.9 Å². The maximum Gasteiger partial charge on any atom is 0.360 e. The Labute approximate surface area is 140 Å². The van der Waals surface area contributed by atoms with Crippen LogP contribution in [0, 0.1) is 12.3 Å². The van der Waals surface area contributed by atoms with Crippen LogP contribution in [0.3, 0.4) is 0 Å². The highest BCUT2D eigenvalue weighted by Crippen LogP contribution is 2.43. The molecule has 0 saturated carbocycles. The van der Waals surface area contributed by atoms with Crippen LogP contribution in [0.5, 0.6) is 5.75 Å². The van der Waals surface area contributed by atoms with Crippen molar-refractivity contribution < 1.29 is 19.1 Å². The lowest BCUT2D eigenvalue weighted by molar-refractivity contribution is -0.157. The molecule has 0 bridgehead atoms. The Morgan fingerprint density at radius 1 is 1.21 bits per heavy atom. The van der Waals surface area contributed by atoms with Crippen molar-refractivity contribution in [2.45, 2.75) is 18.4 Å². The summed E-state index contributed by atoms with van der Waals surface area (Å²) in [6.07, 6.45) is 5.71. The predicted octanol–water partition coefficient (Wildman–Crippen LogP) is 2.98. The second-order valence-corrected chi connectivity index (χ2v) is 5.39. The Kier molecular flexibility index (Phi) is 4.09. The van der Waals surface area contributed by atoms with Crippen LogP contribution in [0.25, 0.3) is 0 Å². The van der Waals surface area contributed by atoms with Gasteiger partial charge in [0.05, 0.1) is 12.2 Å². The number of Topliss-reactive ketones (excluding diaryl/α,β-unsaturated/α-hetero) is 1. The van der Waals surface area contributed by atoms with Gasteiger partial charge in [-0.2, -0.15) is 0 Å². The first-order chi connectivity index (χ1) is 11.6. The molecule has 0 fully saturated rings. The molecule has 3 rings (SSSR count). The average molecular weight is 320 g/mol. The number of ether oxygens (including phenoxy) is 2. The zero-order chi connectivity index (χ0) is 17.2. The Balaban J connectivity index is 2.17. The van der Waals surface area contributed by atoms with E-state index in [1.807, 2.05) is 6.07 Å². The molecule has 0 amide bonds. The Hall–Kier alpha value is -3.06. The first kappa shape index (κ1) is 15.8. The smallest absolute Gasteiger partial charge is 0.360 e. The van der Waals surface area contributed by atoms with Gasteiger partial charge in [-0.3, -0.25) is 4.79 Å². The van der Waals surface area contributed by atoms with E-state index in [2.05, 4.69) is 5.92 Å². The van der Waals surface area contributed by atoms with Crippen molar-refractivity contribution in [3.05, 3.63) is 65.7 Å². The van der Waals surface area contributed by atoms with Crippen LogP contribution in [0.2, 0.25) is 0 Å². The molecule has 2 atom stereocenters. The van der Waals surface area contributed by atoms with Gasteiger partial charge in [0.2, 0.25) is 5.78 Å². The summed E-state index contributed by atoms with van der Waals surface area (Å²) in [5, 5.41) is 0. The first-order valence-corrected chi connectivity index (χ1v) is 7.66. The second-order valence-electron chi connectivity index (χ2n) is 5.39. The summed E-state index contributed by atoms with van der Waals surface area (Å²) >= 11 is 0. The maximum absolute atomic E-state index is 13.1. The molecule has 1 aliphatic rings. The van der Waals surface area contributed by atoms with E-state index < -0.39 is 23.3 Å². The van der Waals surface area contributed by atoms with E-state index >= 15 is 0 Å². The van der Waals surface area contributed by atoms with Gasteiger partial charge in [-0.25, -0.2) is 4.79 Å². The molecule has 0 spiro atoms. The summed E-state index contributed by atoms with van der Waals surface area (Å²) in [5.41, 5.74) is -0.911. The SMILES string of the molecule is C#C[C@H](c1ccccc1)[C@@]1(C(=O)OCC)Oc2ccccc2C1=O. The summed E-state index contributed by atoms with van der Waals surface area (Å²) in [4.78, 5) is 25.8. The molecular formula is C20H16O4. The minimum absolute atomic E-state index is 0.125. The van der Waals surface area contributed by atoms with Crippen LogP contribution >= 0.6 is 0 Å². The number of rotatable bonds is 4. The molecule has 0 aliphatic carbocycles. The fourth-order valence-corrected chi connectivity index (χ4v) is 2.94. The van der Waals surface area contributed by atoms with Crippen LogP contribution in [-0.4, -0.2) is 24.0 Å². The predicted molar refractivity (Wildman–Crippen MR) is 88.8 cm³/mol. The van der Waals surface area contributed by atoms with Gasteiger partial charge in [-0.05, 0) is 24.6 Å². The molecule has 1 aliphatic heterocycles. The number of hydrogen-bond donors (Lipinski definition) is 0. The van der Waals surface area contributed by atoms with Gasteiger partial charge in [0, 0.05) is 0 Å². The number of carbonyl (C=O) groups excluding carboxylic acids is 2. The van der Waals surface area contributed by atoms with Crippen molar-refractivity contribution in [3.63, 3.8) is 0 Å². The standard InChI is InChI=1S/C20H16O4/c1-3-16(14-10-6-5-7-11-14)20(19(22)23-4-2)18(21)15-12-8-9-13-17(15)24-20/h1,5-13,16H,4H2,2H3/t16-,20-/m1/s1. The highest BCUT2D eigenvalue weighted by molar-refractivity contribution is 6.20. The highest BCUT2D eigenvalue weighted by Gasteiger charge is 2.60. The summed E-state index contributed by atoms with van der Waals surface area (Å²) in [5.74, 6) is 0.773. The first-order valence-electron chi connectivity index (χ1n) is 7.66. The molecular weight excluding hydrogens is 304 g/mol. The van der Waals surface area contributed by atoms with E-state index in [1.54, 1.807) is 55.5 Å². The summed E-state index contributed by atoms with van der Waals surface area (Å²) < 4.78 is 11.0. The number of ketones is 1. The van der Waals surface area contributed by atoms with Crippen molar-refractivity contribution in [2.75, 3.05) is 6.61 Å². The van der Waals surface area contributed by atoms with E-state index in [0.717, 1.165) is 0 Å². The monoisotopic (exact) mass is 320 g/mol. The van der Waals surface area contributed by atoms with Crippen molar-refractivity contribution in [1.29, 1.82) is 0 Å². The Morgan fingerprint density at radius 3 is 2.50 bits per heavy atom. The van der Waals surface area contributed by atoms with Crippen LogP contribution < -0.4 is 4.74 Å². The Bertz CT molecular complexity index is 819. The topological polar surface area (TPSA) is 52.6 Å². The van der Waals surface area contributed by atoms with Gasteiger partial charge in [-0.1, -0.05) is 48.4 Å². The lowest BCUT2D eigenvalue weighted by atomic mass is 9.78. The fraction of sp³-hybridized carbons (Fsp3) is 0.200. The van der Waals surface area contributed by atoms with E-state index in [0.29, 0.717) is 16.9 Å². The molecule has 0 unspecified atom stereocenters. The molecule has 120 valence electrons. The van der Waals surface area contributed by atoms with Crippen molar-refractivity contribution in [1.82, 2.24) is 0 Å². The zero-order valence-electron chi connectivity index (χ0n) is 13.2. The van der Waals surface area contributed by atoms with Crippen LogP contribution in [-0.2, 0) is 9.53 Å². The van der Waals surface area contributed by atoms with E-state index in [9.17, 15) is 9.59 Å². The molecule has 0 saturated heterocycles. The number of fused-ring (bicyclic) bond motifs is 1. The summed E-state index contributed by atoms with van der Waals surface area (Å²) in [7, 11) is 0. The van der Waals surface area contributed by atoms with Gasteiger partial charge < -0.3 is 9.47 Å². The van der Waals surface area contributed by atoms with Gasteiger partial charge in [0.15, 0.2) is 0 Å². The molecule has 0 radical (unpaired) electrons. The average Bonchev–Trinajstić information content (AvgIpc) is 2.91. The van der Waals surface area contributed by atoms with E-state index in [-0.39, 0.29) is 6.61 Å². The lowest BCUT2D eigenvalue weighted by Gasteiger charge is -2.30. The number of benzene rings is 2. The molecule has 2 aromatic carbocycles. The van der Waals surface area contributed by atoms with Gasteiger partial charge in [-0.15, -0.1) is 6.42 Å². The number of esters is 1. The zero-order valence-corrected chi connectivity index (χ0v) is 13.2. The molecule has 24 heavy (non-hydrogen) atoms. The second kappa shape index (κ2) is 6.21. The van der Waals surface area contributed by atoms with Gasteiger partial charge in [0.1, 0.15) is 11.7 Å². The maximum atomic E-state index is 13.1. The third-order valence-corrected chi connectivity index (χ3v) is 4.02. The third-order valence-electron chi connectivity index (χ3n) is 4.02. The highest BCUT2D eigenvalue weighted by atomic mass is 16.6. The lowest BCUT2D eigenvalue weighted by Crippen LogP contribution is -2.53. The largest absolute Gasteiger partial charge is 0.465 e. The minimum Gasteiger partial charge on any atom is -0.465 e. The Morgan fingerprint density at radius 2 is 1.88 bits per heavy atom. The van der Waals surface area contributed by atoms with Crippen molar-refractivity contribution in [3.8, 4) is 18.1 Å². The van der Waals surface area contributed by atoms with Crippen LogP contribution in [0.4, 0.5) is 0 Å².